The minimum Gasteiger partial charge on any atom is -0.486 e. The number of hydrogen-bond acceptors (Lipinski definition) is 16. The molecule has 1 amide bonds. The number of nitrogens with two attached hydrogens (primary N) is 1. The number of carbonyl (C=O) groups is 5. The summed E-state index contributed by atoms with van der Waals surface area (Å²) in [5, 5.41) is 53.2. The molecule has 0 spiro atoms. The molecule has 4 aromatic rings. The second kappa shape index (κ2) is 24.5. The Kier molecular flexibility index (Phi) is 19.2. The van der Waals surface area contributed by atoms with Crippen LogP contribution in [0.4, 0.5) is 5.69 Å². The molecule has 0 unspecified atom stereocenters. The predicted octanol–water partition coefficient (Wildman–Crippen LogP) is 0.940. The molecule has 21 heteroatoms. The standard InChI is InChI=1S/C39H42N6O11S.C2H4O3.C2H6/c40-12-4-3-7-31(44-39(57)42-21-8-10-24(11-9-21)54-18-23(48)13-22(47)17-46)36(51)41-15-33(49)55-19-28-25-5-1-2-6-30(25)43-34-27(28)16-45-32(34)14-26-29(37(45)52)20-56-38(53)35(26)50;3-1-2(4)5;1-2/h1-2,5-6,8-11,14,22,31,35,46-47,50H,3-4,7,12-13,15-20,40H2,(H,41,51)(H2,42,44,57);3H,1H2,(H,4,5);1-2H3/t22-,31-,35-;;/m0../s1. The van der Waals surface area contributed by atoms with E-state index in [1.807, 2.05) is 26.0 Å². The van der Waals surface area contributed by atoms with Crippen LogP contribution >= 0.6 is 12.2 Å². The number of benzene rings is 2. The van der Waals surface area contributed by atoms with Crippen molar-refractivity contribution in [3.63, 3.8) is 0 Å². The van der Waals surface area contributed by atoms with Crippen LogP contribution in [0.1, 0.15) is 67.9 Å². The van der Waals surface area contributed by atoms with Gasteiger partial charge in [-0.3, -0.25) is 19.2 Å². The molecule has 344 valence electrons. The third-order valence-electron chi connectivity index (χ3n) is 9.66. The Labute approximate surface area is 372 Å². The highest BCUT2D eigenvalue weighted by Gasteiger charge is 2.35. The zero-order valence-corrected chi connectivity index (χ0v) is 36.0. The number of pyridine rings is 2. The molecule has 0 saturated carbocycles. The van der Waals surface area contributed by atoms with E-state index in [9.17, 15) is 34.2 Å². The van der Waals surface area contributed by atoms with Crippen molar-refractivity contribution >= 4 is 63.5 Å². The molecular formula is C43H52N6O14S. The van der Waals surface area contributed by atoms with Gasteiger partial charge in [0.2, 0.25) is 5.91 Å². The summed E-state index contributed by atoms with van der Waals surface area (Å²) in [6, 6.07) is 14.5. The van der Waals surface area contributed by atoms with Crippen molar-refractivity contribution in [3.8, 4) is 17.1 Å². The molecule has 0 bridgehead atoms. The molecule has 2 aliphatic heterocycles. The maximum atomic E-state index is 13.5. The molecular weight excluding hydrogens is 857 g/mol. The highest BCUT2D eigenvalue weighted by atomic mass is 32.1. The lowest BCUT2D eigenvalue weighted by molar-refractivity contribution is -0.157. The van der Waals surface area contributed by atoms with Crippen LogP contribution in [0.5, 0.6) is 5.75 Å². The number of amides is 1. The number of aliphatic hydroxyl groups is 4. The Morgan fingerprint density at radius 1 is 1.05 bits per heavy atom. The molecule has 20 nitrogen and oxygen atoms in total. The Balaban J connectivity index is 0.00000120. The highest BCUT2D eigenvalue weighted by molar-refractivity contribution is 7.80. The number of carboxylic acids is 1. The number of carbonyl (C=O) groups excluding carboxylic acids is 4. The average molecular weight is 909 g/mol. The quantitative estimate of drug-likeness (QED) is 0.0336. The number of anilines is 1. The number of aliphatic carboxylic acids is 1. The van der Waals surface area contributed by atoms with Crippen LogP contribution in [0.25, 0.3) is 22.3 Å². The number of fused-ring (bicyclic) bond motifs is 5. The number of esters is 2. The number of thiocarbonyl (C=S) groups is 1. The van der Waals surface area contributed by atoms with Gasteiger partial charge in [-0.25, -0.2) is 14.6 Å². The first-order valence-electron chi connectivity index (χ1n) is 20.3. The highest BCUT2D eigenvalue weighted by Crippen LogP contribution is 2.38. The molecule has 6 rings (SSSR count). The van der Waals surface area contributed by atoms with E-state index in [0.29, 0.717) is 70.7 Å². The molecule has 2 aliphatic rings. The lowest BCUT2D eigenvalue weighted by Gasteiger charge is -2.21. The molecule has 0 aliphatic carbocycles. The monoisotopic (exact) mass is 908 g/mol. The van der Waals surface area contributed by atoms with Crippen molar-refractivity contribution in [1.82, 2.24) is 20.2 Å². The Morgan fingerprint density at radius 3 is 2.42 bits per heavy atom. The van der Waals surface area contributed by atoms with Gasteiger partial charge in [0.25, 0.3) is 5.56 Å². The van der Waals surface area contributed by atoms with E-state index in [0.717, 1.165) is 0 Å². The average Bonchev–Trinajstić information content (AvgIpc) is 3.67. The summed E-state index contributed by atoms with van der Waals surface area (Å²) >= 11 is 5.47. The third-order valence-corrected chi connectivity index (χ3v) is 9.88. The van der Waals surface area contributed by atoms with Gasteiger partial charge in [0, 0.05) is 34.2 Å². The van der Waals surface area contributed by atoms with Crippen LogP contribution in [0.2, 0.25) is 0 Å². The number of carboxylic acid groups (broad SMARTS) is 1. The van der Waals surface area contributed by atoms with E-state index in [4.69, 9.17) is 57.3 Å². The van der Waals surface area contributed by atoms with Crippen LogP contribution in [0.15, 0.2) is 59.4 Å². The summed E-state index contributed by atoms with van der Waals surface area (Å²) in [5.41, 5.74) is 8.90. The SMILES string of the molecule is CC.NCCCC[C@H](NC(=S)Nc1ccc(OCC(=O)C[C@H](O)CO)cc1)C(=O)NCC(=O)OCc1c2c(nc3ccccc13)-c1cc3c(c(=O)n1C2)COC(=O)[C@H]3O.O=C(O)CO. The summed E-state index contributed by atoms with van der Waals surface area (Å²) in [4.78, 5) is 77.7. The first kappa shape index (κ1) is 50.3. The van der Waals surface area contributed by atoms with Crippen molar-refractivity contribution in [2.24, 2.45) is 5.73 Å². The second-order valence-electron chi connectivity index (χ2n) is 14.1. The topological polar surface area (TPSA) is 311 Å². The fraction of sp³-hybridized carbons (Fsp3) is 0.395. The number of cyclic esters (lactones) is 1. The van der Waals surface area contributed by atoms with Crippen molar-refractivity contribution in [3.05, 3.63) is 87.2 Å². The van der Waals surface area contributed by atoms with Crippen LogP contribution in [0, 0.1) is 0 Å². The van der Waals surface area contributed by atoms with E-state index in [-0.39, 0.29) is 54.8 Å². The van der Waals surface area contributed by atoms with E-state index < -0.39 is 67.4 Å². The number of ether oxygens (including phenoxy) is 3. The number of unbranched alkanes of at least 4 members (excludes halogenated alkanes) is 1. The van der Waals surface area contributed by atoms with Gasteiger partial charge in [0.1, 0.15) is 44.8 Å². The number of para-hydroxylation sites is 1. The van der Waals surface area contributed by atoms with Gasteiger partial charge in [0.05, 0.1) is 41.7 Å². The minimum absolute atomic E-state index is 0.114. The first-order valence-corrected chi connectivity index (χ1v) is 20.7. The molecule has 3 atom stereocenters. The first-order chi connectivity index (χ1) is 30.7. The smallest absolute Gasteiger partial charge is 0.340 e. The molecule has 10 N–H and O–H groups in total. The second-order valence-corrected chi connectivity index (χ2v) is 14.5. The van der Waals surface area contributed by atoms with E-state index in [1.54, 1.807) is 42.5 Å². The van der Waals surface area contributed by atoms with Gasteiger partial charge in [-0.1, -0.05) is 32.0 Å². The maximum Gasteiger partial charge on any atom is 0.340 e. The van der Waals surface area contributed by atoms with E-state index >= 15 is 0 Å². The predicted molar refractivity (Wildman–Crippen MR) is 235 cm³/mol. The molecule has 2 aromatic heterocycles. The third kappa shape index (κ3) is 13.3. The number of Topliss-reactive ketones (excluding diaryl/α,β-unsaturated/α-hetero) is 1. The summed E-state index contributed by atoms with van der Waals surface area (Å²) in [5.74, 6) is -3.21. The summed E-state index contributed by atoms with van der Waals surface area (Å²) in [6.45, 7) is 2.09. The van der Waals surface area contributed by atoms with E-state index in [1.165, 1.54) is 4.57 Å². The van der Waals surface area contributed by atoms with Gasteiger partial charge in [-0.05, 0) is 74.4 Å². The van der Waals surface area contributed by atoms with Gasteiger partial charge in [0.15, 0.2) is 17.0 Å². The maximum absolute atomic E-state index is 13.5. The Hall–Kier alpha value is -6.36. The normalized spacial score (nSPS) is 14.0. The molecule has 0 radical (unpaired) electrons. The number of nitrogens with one attached hydrogen (secondary N) is 3. The van der Waals surface area contributed by atoms with Crippen molar-refractivity contribution in [2.45, 2.75) is 77.5 Å². The number of aliphatic hydroxyl groups excluding tert-OH is 4. The number of nitrogens with zero attached hydrogens (tertiary/aromatic N) is 2. The van der Waals surface area contributed by atoms with Crippen molar-refractivity contribution in [1.29, 1.82) is 0 Å². The lowest BCUT2D eigenvalue weighted by atomic mass is 9.99. The Bertz CT molecular complexity index is 2370. The molecule has 0 fully saturated rings. The van der Waals surface area contributed by atoms with Crippen LogP contribution in [-0.2, 0) is 53.2 Å². The number of rotatable bonds is 18. The van der Waals surface area contributed by atoms with Crippen LogP contribution in [-0.4, -0.2) is 115 Å². The van der Waals surface area contributed by atoms with Gasteiger partial charge < -0.3 is 66.0 Å². The number of ketones is 1. The Morgan fingerprint density at radius 2 is 1.75 bits per heavy atom. The van der Waals surface area contributed by atoms with Crippen LogP contribution < -0.4 is 32.0 Å². The fourth-order valence-electron chi connectivity index (χ4n) is 6.58. The fourth-order valence-corrected chi connectivity index (χ4v) is 6.84. The van der Waals surface area contributed by atoms with Crippen molar-refractivity contribution < 1.29 is 63.7 Å². The van der Waals surface area contributed by atoms with Crippen LogP contribution in [0.3, 0.4) is 0 Å². The molecule has 4 heterocycles. The molecule has 64 heavy (non-hydrogen) atoms. The largest absolute Gasteiger partial charge is 0.486 e. The van der Waals surface area contributed by atoms with Gasteiger partial charge >= 0.3 is 17.9 Å². The summed E-state index contributed by atoms with van der Waals surface area (Å²) < 4.78 is 17.6. The van der Waals surface area contributed by atoms with E-state index in [2.05, 4.69) is 16.0 Å². The molecule has 2 aromatic carbocycles. The summed E-state index contributed by atoms with van der Waals surface area (Å²) in [6.07, 6.45) is -1.33. The van der Waals surface area contributed by atoms with Gasteiger partial charge in [-0.15, -0.1) is 0 Å². The molecule has 0 saturated heterocycles. The van der Waals surface area contributed by atoms with Crippen molar-refractivity contribution in [2.75, 3.05) is 38.2 Å². The lowest BCUT2D eigenvalue weighted by Crippen LogP contribution is -2.49. The zero-order valence-electron chi connectivity index (χ0n) is 35.2. The number of hydrogen-bond donors (Lipinski definition) is 9. The van der Waals surface area contributed by atoms with Gasteiger partial charge in [-0.2, -0.15) is 0 Å². The minimum atomic E-state index is -1.60. The number of aromatic nitrogens is 2. The summed E-state index contributed by atoms with van der Waals surface area (Å²) in [7, 11) is 0. The zero-order chi connectivity index (χ0) is 46.9.